The van der Waals surface area contributed by atoms with Crippen LogP contribution in [0.25, 0.3) is 11.0 Å². The molecule has 4 aromatic rings. The second-order valence-corrected chi connectivity index (χ2v) is 7.15. The maximum Gasteiger partial charge on any atom is 0.224 e. The Bertz CT molecular complexity index is 1090. The first-order valence-electron chi connectivity index (χ1n) is 9.36. The Kier molecular flexibility index (Phi) is 4.98. The summed E-state index contributed by atoms with van der Waals surface area (Å²) in [5.74, 6) is -0.0107. The van der Waals surface area contributed by atoms with E-state index in [1.165, 1.54) is 11.1 Å². The molecule has 0 fully saturated rings. The van der Waals surface area contributed by atoms with E-state index in [1.54, 1.807) is 18.8 Å². The molecule has 5 heteroatoms. The third-order valence-electron chi connectivity index (χ3n) is 5.13. The summed E-state index contributed by atoms with van der Waals surface area (Å²) in [7, 11) is 0. The second kappa shape index (κ2) is 7.72. The highest BCUT2D eigenvalue weighted by molar-refractivity contribution is 5.89. The number of rotatable bonds is 6. The Labute approximate surface area is 164 Å². The lowest BCUT2D eigenvalue weighted by molar-refractivity contribution is -0.120. The van der Waals surface area contributed by atoms with Crippen LogP contribution in [0.15, 0.2) is 65.8 Å². The monoisotopic (exact) mass is 373 g/mol. The molecule has 4 rings (SSSR count). The molecule has 0 radical (unpaired) electrons. The average Bonchev–Trinajstić information content (AvgIpc) is 3.35. The van der Waals surface area contributed by atoms with Crippen molar-refractivity contribution in [2.75, 3.05) is 0 Å². The van der Waals surface area contributed by atoms with Crippen LogP contribution in [0.1, 0.15) is 27.8 Å². The van der Waals surface area contributed by atoms with Crippen LogP contribution < -0.4 is 5.32 Å². The number of hydrogen-bond acceptors (Lipinski definition) is 3. The number of amides is 1. The van der Waals surface area contributed by atoms with Gasteiger partial charge in [0, 0.05) is 36.4 Å². The SMILES string of the molecule is Cc1ccc2c(CC(=O)NCc3ccc(Cn4ccnc4)cc3)coc2c1C. The van der Waals surface area contributed by atoms with E-state index in [1.807, 2.05) is 35.9 Å². The lowest BCUT2D eigenvalue weighted by Gasteiger charge is -2.07. The third kappa shape index (κ3) is 3.83. The number of nitrogens with zero attached hydrogens (tertiary/aromatic N) is 2. The van der Waals surface area contributed by atoms with E-state index >= 15 is 0 Å². The molecule has 5 nitrogen and oxygen atoms in total. The molecule has 0 aliphatic heterocycles. The zero-order chi connectivity index (χ0) is 19.5. The minimum atomic E-state index is -0.0107. The summed E-state index contributed by atoms with van der Waals surface area (Å²) in [6.07, 6.45) is 7.53. The van der Waals surface area contributed by atoms with E-state index in [4.69, 9.17) is 4.42 Å². The van der Waals surface area contributed by atoms with E-state index in [-0.39, 0.29) is 5.91 Å². The Morgan fingerprint density at radius 3 is 2.64 bits per heavy atom. The van der Waals surface area contributed by atoms with Gasteiger partial charge in [-0.1, -0.05) is 36.4 Å². The van der Waals surface area contributed by atoms with Crippen LogP contribution in [0.4, 0.5) is 0 Å². The van der Waals surface area contributed by atoms with Gasteiger partial charge in [-0.2, -0.15) is 0 Å². The van der Waals surface area contributed by atoms with Crippen molar-refractivity contribution in [1.82, 2.24) is 14.9 Å². The fraction of sp³-hybridized carbons (Fsp3) is 0.217. The summed E-state index contributed by atoms with van der Waals surface area (Å²) in [4.78, 5) is 16.4. The summed E-state index contributed by atoms with van der Waals surface area (Å²) in [6.45, 7) is 5.41. The van der Waals surface area contributed by atoms with Gasteiger partial charge in [0.05, 0.1) is 19.0 Å². The largest absolute Gasteiger partial charge is 0.464 e. The standard InChI is InChI=1S/C23H23N3O2/c1-16-3-8-21-20(14-28-23(21)17(16)2)11-22(27)25-12-18-4-6-19(7-5-18)13-26-10-9-24-15-26/h3-10,14-15H,11-13H2,1-2H3,(H,25,27). The Morgan fingerprint density at radius 2 is 1.89 bits per heavy atom. The summed E-state index contributed by atoms with van der Waals surface area (Å²) in [5.41, 5.74) is 6.38. The first kappa shape index (κ1) is 18.0. The summed E-state index contributed by atoms with van der Waals surface area (Å²) >= 11 is 0. The molecule has 142 valence electrons. The van der Waals surface area contributed by atoms with Gasteiger partial charge in [0.1, 0.15) is 5.58 Å². The van der Waals surface area contributed by atoms with Crippen LogP contribution in [0.5, 0.6) is 0 Å². The van der Waals surface area contributed by atoms with Crippen LogP contribution >= 0.6 is 0 Å². The fourth-order valence-electron chi connectivity index (χ4n) is 3.31. The topological polar surface area (TPSA) is 60.1 Å². The number of fused-ring (bicyclic) bond motifs is 1. The molecule has 1 amide bonds. The molecular weight excluding hydrogens is 350 g/mol. The molecule has 28 heavy (non-hydrogen) atoms. The molecule has 0 bridgehead atoms. The van der Waals surface area contributed by atoms with Crippen molar-refractivity contribution in [3.8, 4) is 0 Å². The first-order chi connectivity index (χ1) is 13.6. The van der Waals surface area contributed by atoms with E-state index in [0.717, 1.165) is 34.2 Å². The number of aromatic nitrogens is 2. The molecule has 0 atom stereocenters. The number of furan rings is 1. The Hall–Kier alpha value is -3.34. The summed E-state index contributed by atoms with van der Waals surface area (Å²) in [6, 6.07) is 12.4. The van der Waals surface area contributed by atoms with Gasteiger partial charge < -0.3 is 14.3 Å². The summed E-state index contributed by atoms with van der Waals surface area (Å²) in [5, 5.41) is 4.01. The number of carbonyl (C=O) groups is 1. The van der Waals surface area contributed by atoms with Gasteiger partial charge in [-0.15, -0.1) is 0 Å². The second-order valence-electron chi connectivity index (χ2n) is 7.15. The van der Waals surface area contributed by atoms with E-state index in [9.17, 15) is 4.79 Å². The Balaban J connectivity index is 1.35. The molecule has 0 saturated heterocycles. The highest BCUT2D eigenvalue weighted by Crippen LogP contribution is 2.26. The summed E-state index contributed by atoms with van der Waals surface area (Å²) < 4.78 is 7.72. The van der Waals surface area contributed by atoms with Crippen molar-refractivity contribution in [2.45, 2.75) is 33.4 Å². The molecule has 0 spiro atoms. The van der Waals surface area contributed by atoms with E-state index in [0.29, 0.717) is 13.0 Å². The lowest BCUT2D eigenvalue weighted by atomic mass is 10.0. The Morgan fingerprint density at radius 1 is 1.11 bits per heavy atom. The first-order valence-corrected chi connectivity index (χ1v) is 9.36. The van der Waals surface area contributed by atoms with Crippen molar-refractivity contribution >= 4 is 16.9 Å². The number of hydrogen-bond donors (Lipinski definition) is 1. The molecule has 2 aromatic carbocycles. The third-order valence-corrected chi connectivity index (χ3v) is 5.13. The van der Waals surface area contributed by atoms with Gasteiger partial charge in [-0.05, 0) is 36.1 Å². The van der Waals surface area contributed by atoms with Gasteiger partial charge in [-0.25, -0.2) is 4.98 Å². The van der Waals surface area contributed by atoms with Crippen LogP contribution in [0.3, 0.4) is 0 Å². The minimum absolute atomic E-state index is 0.0107. The fourth-order valence-corrected chi connectivity index (χ4v) is 3.31. The van der Waals surface area contributed by atoms with Crippen LogP contribution in [0, 0.1) is 13.8 Å². The number of benzene rings is 2. The zero-order valence-corrected chi connectivity index (χ0v) is 16.1. The molecule has 0 unspecified atom stereocenters. The number of nitrogens with one attached hydrogen (secondary N) is 1. The number of imidazole rings is 1. The van der Waals surface area contributed by atoms with Crippen molar-refractivity contribution < 1.29 is 9.21 Å². The smallest absolute Gasteiger partial charge is 0.224 e. The van der Waals surface area contributed by atoms with E-state index in [2.05, 4.69) is 35.4 Å². The molecule has 0 aliphatic carbocycles. The van der Waals surface area contributed by atoms with Gasteiger partial charge in [0.25, 0.3) is 0 Å². The highest BCUT2D eigenvalue weighted by atomic mass is 16.3. The maximum atomic E-state index is 12.4. The van der Waals surface area contributed by atoms with Gasteiger partial charge in [0.2, 0.25) is 5.91 Å². The molecule has 1 N–H and O–H groups in total. The molecule has 0 aliphatic rings. The van der Waals surface area contributed by atoms with Crippen molar-refractivity contribution in [3.05, 3.63) is 89.2 Å². The molecule has 2 aromatic heterocycles. The predicted molar refractivity (Wildman–Crippen MR) is 109 cm³/mol. The van der Waals surface area contributed by atoms with Crippen molar-refractivity contribution in [3.63, 3.8) is 0 Å². The molecule has 0 saturated carbocycles. The van der Waals surface area contributed by atoms with Crippen LogP contribution in [-0.2, 0) is 24.3 Å². The quantitative estimate of drug-likeness (QED) is 0.552. The predicted octanol–water partition coefficient (Wildman–Crippen LogP) is 4.15. The van der Waals surface area contributed by atoms with Gasteiger partial charge >= 0.3 is 0 Å². The van der Waals surface area contributed by atoms with Gasteiger partial charge in [-0.3, -0.25) is 4.79 Å². The average molecular weight is 373 g/mol. The zero-order valence-electron chi connectivity index (χ0n) is 16.1. The van der Waals surface area contributed by atoms with Crippen molar-refractivity contribution in [1.29, 1.82) is 0 Å². The maximum absolute atomic E-state index is 12.4. The van der Waals surface area contributed by atoms with Crippen molar-refractivity contribution in [2.24, 2.45) is 0 Å². The van der Waals surface area contributed by atoms with Gasteiger partial charge in [0.15, 0.2) is 0 Å². The molecular formula is C23H23N3O2. The normalized spacial score (nSPS) is 11.1. The van der Waals surface area contributed by atoms with Crippen LogP contribution in [0.2, 0.25) is 0 Å². The lowest BCUT2D eigenvalue weighted by Crippen LogP contribution is -2.24. The highest BCUT2D eigenvalue weighted by Gasteiger charge is 2.12. The number of carbonyl (C=O) groups excluding carboxylic acids is 1. The van der Waals surface area contributed by atoms with Crippen LogP contribution in [-0.4, -0.2) is 15.5 Å². The minimum Gasteiger partial charge on any atom is -0.464 e. The number of aryl methyl sites for hydroxylation is 2. The van der Waals surface area contributed by atoms with E-state index < -0.39 is 0 Å². The molecule has 2 heterocycles.